The van der Waals surface area contributed by atoms with Crippen LogP contribution in [-0.2, 0) is 0 Å². The molecule has 1 amide bonds. The second-order valence-electron chi connectivity index (χ2n) is 6.36. The Morgan fingerprint density at radius 2 is 1.87 bits per heavy atom. The van der Waals surface area contributed by atoms with Gasteiger partial charge in [0, 0.05) is 24.0 Å². The van der Waals surface area contributed by atoms with E-state index in [0.717, 1.165) is 0 Å². The molecule has 0 radical (unpaired) electrons. The number of pyridine rings is 1. The van der Waals surface area contributed by atoms with E-state index in [-0.39, 0.29) is 17.5 Å². The van der Waals surface area contributed by atoms with E-state index in [4.69, 9.17) is 9.26 Å². The standard InChI is InChI=1S/C21H16FN5O3/c1-12-19(13(2)25-21(24-12)29-17-8-4-3-7-15(17)22)26-20(28)16-10-18(30-27-16)14-6-5-9-23-11-14/h3-11H,1-2H3,(H,26,28). The van der Waals surface area contributed by atoms with Crippen LogP contribution in [0.25, 0.3) is 11.3 Å². The van der Waals surface area contributed by atoms with Gasteiger partial charge >= 0.3 is 6.01 Å². The molecule has 8 nitrogen and oxygen atoms in total. The van der Waals surface area contributed by atoms with Crippen molar-refractivity contribution in [1.29, 1.82) is 0 Å². The van der Waals surface area contributed by atoms with Crippen molar-refractivity contribution in [2.75, 3.05) is 5.32 Å². The summed E-state index contributed by atoms with van der Waals surface area (Å²) < 4.78 is 24.4. The summed E-state index contributed by atoms with van der Waals surface area (Å²) in [5.74, 6) is -0.569. The van der Waals surface area contributed by atoms with Crippen LogP contribution in [0.5, 0.6) is 11.8 Å². The van der Waals surface area contributed by atoms with E-state index in [0.29, 0.717) is 28.4 Å². The van der Waals surface area contributed by atoms with Gasteiger partial charge in [-0.25, -0.2) is 4.39 Å². The molecule has 0 aliphatic heterocycles. The summed E-state index contributed by atoms with van der Waals surface area (Å²) in [6.07, 6.45) is 3.25. The molecule has 1 aromatic carbocycles. The van der Waals surface area contributed by atoms with Gasteiger partial charge in [0.25, 0.3) is 5.91 Å². The minimum atomic E-state index is -0.524. The van der Waals surface area contributed by atoms with Gasteiger partial charge in [0.2, 0.25) is 0 Å². The molecule has 9 heteroatoms. The van der Waals surface area contributed by atoms with Crippen molar-refractivity contribution in [3.8, 4) is 23.1 Å². The molecule has 0 saturated heterocycles. The predicted molar refractivity (Wildman–Crippen MR) is 106 cm³/mol. The number of nitrogens with one attached hydrogen (secondary N) is 1. The van der Waals surface area contributed by atoms with Crippen molar-refractivity contribution in [3.05, 3.63) is 77.8 Å². The van der Waals surface area contributed by atoms with Crippen molar-refractivity contribution in [2.24, 2.45) is 0 Å². The molecule has 0 fully saturated rings. The molecule has 0 aliphatic carbocycles. The average Bonchev–Trinajstić information content (AvgIpc) is 3.23. The van der Waals surface area contributed by atoms with Crippen LogP contribution >= 0.6 is 0 Å². The molecule has 4 aromatic rings. The SMILES string of the molecule is Cc1nc(Oc2ccccc2F)nc(C)c1NC(=O)c1cc(-c2cccnc2)on1. The van der Waals surface area contributed by atoms with Crippen LogP contribution in [0.15, 0.2) is 59.4 Å². The van der Waals surface area contributed by atoms with E-state index < -0.39 is 11.7 Å². The summed E-state index contributed by atoms with van der Waals surface area (Å²) in [6, 6.07) is 11.0. The normalized spacial score (nSPS) is 10.6. The van der Waals surface area contributed by atoms with E-state index in [2.05, 4.69) is 25.4 Å². The molecule has 1 N–H and O–H groups in total. The fourth-order valence-electron chi connectivity index (χ4n) is 2.74. The molecule has 0 atom stereocenters. The molecule has 0 unspecified atom stereocenters. The topological polar surface area (TPSA) is 103 Å². The van der Waals surface area contributed by atoms with Crippen molar-refractivity contribution in [1.82, 2.24) is 20.1 Å². The second-order valence-corrected chi connectivity index (χ2v) is 6.36. The Kier molecular flexibility index (Phi) is 5.17. The smallest absolute Gasteiger partial charge is 0.322 e. The van der Waals surface area contributed by atoms with E-state index in [1.165, 1.54) is 18.2 Å². The summed E-state index contributed by atoms with van der Waals surface area (Å²) >= 11 is 0. The Bertz CT molecular complexity index is 1190. The Hall–Kier alpha value is -4.14. The van der Waals surface area contributed by atoms with Crippen molar-refractivity contribution >= 4 is 11.6 Å². The zero-order valence-corrected chi connectivity index (χ0v) is 16.1. The Labute approximate surface area is 170 Å². The number of hydrogen-bond acceptors (Lipinski definition) is 7. The molecule has 0 aliphatic rings. The maximum absolute atomic E-state index is 13.8. The maximum Gasteiger partial charge on any atom is 0.322 e. The molecule has 3 aromatic heterocycles. The lowest BCUT2D eigenvalue weighted by molar-refractivity contribution is 0.101. The highest BCUT2D eigenvalue weighted by Crippen LogP contribution is 2.26. The largest absolute Gasteiger partial charge is 0.421 e. The van der Waals surface area contributed by atoms with E-state index in [1.54, 1.807) is 50.5 Å². The third-order valence-corrected chi connectivity index (χ3v) is 4.22. The number of halogens is 1. The van der Waals surface area contributed by atoms with Crippen LogP contribution in [0.2, 0.25) is 0 Å². The van der Waals surface area contributed by atoms with Crippen LogP contribution in [0, 0.1) is 19.7 Å². The summed E-state index contributed by atoms with van der Waals surface area (Å²) in [4.78, 5) is 25.0. The predicted octanol–water partition coefficient (Wildman–Crippen LogP) is 4.33. The van der Waals surface area contributed by atoms with Gasteiger partial charge in [-0.15, -0.1) is 0 Å². The highest BCUT2D eigenvalue weighted by atomic mass is 19.1. The first-order valence-electron chi connectivity index (χ1n) is 8.97. The molecule has 30 heavy (non-hydrogen) atoms. The van der Waals surface area contributed by atoms with E-state index in [1.807, 2.05) is 0 Å². The highest BCUT2D eigenvalue weighted by molar-refractivity contribution is 6.03. The summed E-state index contributed by atoms with van der Waals surface area (Å²) in [7, 11) is 0. The fraction of sp³-hybridized carbons (Fsp3) is 0.0952. The average molecular weight is 405 g/mol. The van der Waals surface area contributed by atoms with Gasteiger partial charge in [-0.2, -0.15) is 9.97 Å². The molecule has 0 saturated carbocycles. The lowest BCUT2D eigenvalue weighted by atomic mass is 10.2. The molecular formula is C21H16FN5O3. The number of para-hydroxylation sites is 1. The van der Waals surface area contributed by atoms with Gasteiger partial charge in [-0.1, -0.05) is 17.3 Å². The minimum absolute atomic E-state index is 0.0126. The molecule has 0 spiro atoms. The van der Waals surface area contributed by atoms with Gasteiger partial charge in [0.1, 0.15) is 0 Å². The number of anilines is 1. The van der Waals surface area contributed by atoms with Crippen LogP contribution in [-0.4, -0.2) is 26.0 Å². The molecular weight excluding hydrogens is 389 g/mol. The third-order valence-electron chi connectivity index (χ3n) is 4.22. The van der Waals surface area contributed by atoms with E-state index in [9.17, 15) is 9.18 Å². The number of amides is 1. The van der Waals surface area contributed by atoms with Crippen LogP contribution in [0.1, 0.15) is 21.9 Å². The monoisotopic (exact) mass is 405 g/mol. The molecule has 3 heterocycles. The summed E-state index contributed by atoms with van der Waals surface area (Å²) in [5, 5.41) is 6.54. The van der Waals surface area contributed by atoms with Gasteiger partial charge in [0.05, 0.1) is 17.1 Å². The highest BCUT2D eigenvalue weighted by Gasteiger charge is 2.18. The lowest BCUT2D eigenvalue weighted by Crippen LogP contribution is -2.15. The second kappa shape index (κ2) is 8.08. The molecule has 150 valence electrons. The summed E-state index contributed by atoms with van der Waals surface area (Å²) in [6.45, 7) is 3.37. The van der Waals surface area contributed by atoms with Crippen LogP contribution < -0.4 is 10.1 Å². The number of nitrogens with zero attached hydrogens (tertiary/aromatic N) is 4. The number of hydrogen-bond donors (Lipinski definition) is 1. The van der Waals surface area contributed by atoms with Gasteiger partial charge in [-0.05, 0) is 38.1 Å². The minimum Gasteiger partial charge on any atom is -0.421 e. The zero-order valence-electron chi connectivity index (χ0n) is 16.1. The Morgan fingerprint density at radius 1 is 1.10 bits per heavy atom. The van der Waals surface area contributed by atoms with Gasteiger partial charge < -0.3 is 14.6 Å². The van der Waals surface area contributed by atoms with Crippen LogP contribution in [0.4, 0.5) is 10.1 Å². The quantitative estimate of drug-likeness (QED) is 0.527. The van der Waals surface area contributed by atoms with Gasteiger partial charge in [0.15, 0.2) is 23.0 Å². The van der Waals surface area contributed by atoms with Gasteiger partial charge in [-0.3, -0.25) is 9.78 Å². The van der Waals surface area contributed by atoms with Crippen LogP contribution in [0.3, 0.4) is 0 Å². The van der Waals surface area contributed by atoms with E-state index >= 15 is 0 Å². The fourth-order valence-corrected chi connectivity index (χ4v) is 2.74. The Balaban J connectivity index is 1.53. The zero-order chi connectivity index (χ0) is 21.1. The number of aromatic nitrogens is 4. The molecule has 0 bridgehead atoms. The number of aryl methyl sites for hydroxylation is 2. The summed E-state index contributed by atoms with van der Waals surface area (Å²) in [5.41, 5.74) is 2.12. The van der Waals surface area contributed by atoms with Crippen molar-refractivity contribution < 1.29 is 18.4 Å². The molecule has 4 rings (SSSR count). The first-order chi connectivity index (χ1) is 14.5. The first kappa shape index (κ1) is 19.2. The maximum atomic E-state index is 13.8. The van der Waals surface area contributed by atoms with Crippen molar-refractivity contribution in [2.45, 2.75) is 13.8 Å². The number of rotatable bonds is 5. The lowest BCUT2D eigenvalue weighted by Gasteiger charge is -2.12. The Morgan fingerprint density at radius 3 is 2.57 bits per heavy atom. The number of benzene rings is 1. The van der Waals surface area contributed by atoms with Crippen molar-refractivity contribution in [3.63, 3.8) is 0 Å². The first-order valence-corrected chi connectivity index (χ1v) is 8.97. The number of ether oxygens (including phenoxy) is 1. The number of carbonyl (C=O) groups excluding carboxylic acids is 1. The third kappa shape index (κ3) is 4.00. The number of carbonyl (C=O) groups is 1.